The summed E-state index contributed by atoms with van der Waals surface area (Å²) in [5, 5.41) is 0. The molecule has 0 heterocycles. The summed E-state index contributed by atoms with van der Waals surface area (Å²) < 4.78 is 0. The molecule has 2 aliphatic carbocycles. The van der Waals surface area contributed by atoms with E-state index in [1.807, 2.05) is 39.0 Å². The quantitative estimate of drug-likeness (QED) is 0.424. The first-order chi connectivity index (χ1) is 7.63. The average Bonchev–Trinajstić information content (AvgIpc) is 2.93. The molecule has 0 aromatic carbocycles. The Balaban J connectivity index is -0.0000000604. The van der Waals surface area contributed by atoms with Gasteiger partial charge >= 0.3 is 26.8 Å². The Morgan fingerprint density at radius 2 is 1.65 bits per heavy atom. The fraction of sp³-hybridized carbons (Fsp3) is 0.375. The SMILES string of the molecule is CC1=[C-]C(C)C(C)=C1C.Cl.Cl.[C-]1=CC=CC1.[CH3-].[CH3-].[SiH2]=[Ti]. The van der Waals surface area contributed by atoms with Gasteiger partial charge in [0, 0.05) is 0 Å². The van der Waals surface area contributed by atoms with Gasteiger partial charge < -0.3 is 14.9 Å². The van der Waals surface area contributed by atoms with Gasteiger partial charge in [-0.15, -0.1) is 38.2 Å². The Kier molecular flexibility index (Phi) is 31.6. The second-order valence-electron chi connectivity index (χ2n) is 3.80. The van der Waals surface area contributed by atoms with Gasteiger partial charge in [0.05, 0.1) is 0 Å². The third-order valence-electron chi connectivity index (χ3n) is 2.82. The van der Waals surface area contributed by atoms with E-state index in [9.17, 15) is 0 Å². The minimum atomic E-state index is 0. The van der Waals surface area contributed by atoms with Crippen LogP contribution in [0.15, 0.2) is 34.9 Å². The van der Waals surface area contributed by atoms with E-state index in [2.05, 4.69) is 45.9 Å². The molecule has 0 spiro atoms. The van der Waals surface area contributed by atoms with Crippen LogP contribution in [0.2, 0.25) is 0 Å². The zero-order valence-corrected chi connectivity index (χ0v) is 18.1. The van der Waals surface area contributed by atoms with E-state index >= 15 is 0 Å². The normalized spacial score (nSPS) is 16.8. The van der Waals surface area contributed by atoms with Gasteiger partial charge in [-0.05, 0) is 0 Å². The van der Waals surface area contributed by atoms with Crippen LogP contribution in [0.1, 0.15) is 34.1 Å². The summed E-state index contributed by atoms with van der Waals surface area (Å²) in [5.41, 5.74) is 4.25. The Hall–Kier alpha value is 0.471. The second kappa shape index (κ2) is 19.5. The summed E-state index contributed by atoms with van der Waals surface area (Å²) in [5.74, 6) is 0.560. The maximum absolute atomic E-state index is 3.36. The Morgan fingerprint density at radius 1 is 1.15 bits per heavy atom. The van der Waals surface area contributed by atoms with Crippen LogP contribution in [-0.4, -0.2) is 7.63 Å². The van der Waals surface area contributed by atoms with Crippen molar-refractivity contribution in [3.63, 3.8) is 0 Å². The molecule has 118 valence electrons. The molecule has 0 saturated heterocycles. The van der Waals surface area contributed by atoms with Crippen LogP contribution in [0.4, 0.5) is 0 Å². The number of allylic oxidation sites excluding steroid dienone is 8. The van der Waals surface area contributed by atoms with Crippen molar-refractivity contribution >= 4 is 32.4 Å². The number of hydrogen-bond donors (Lipinski definition) is 0. The number of hydrogen-bond acceptors (Lipinski definition) is 0. The third kappa shape index (κ3) is 12.2. The van der Waals surface area contributed by atoms with Crippen molar-refractivity contribution in [2.45, 2.75) is 34.1 Å². The fourth-order valence-corrected chi connectivity index (χ4v) is 1.50. The first kappa shape index (κ1) is 32.4. The average molecular weight is 367 g/mol. The van der Waals surface area contributed by atoms with Crippen molar-refractivity contribution in [2.75, 3.05) is 0 Å². The van der Waals surface area contributed by atoms with Crippen LogP contribution < -0.4 is 0 Å². The molecule has 2 rings (SSSR count). The summed E-state index contributed by atoms with van der Waals surface area (Å²) in [6.45, 7) is 8.67. The molecule has 0 aliphatic heterocycles. The molecule has 1 unspecified atom stereocenters. The van der Waals surface area contributed by atoms with Gasteiger partial charge in [-0.25, -0.2) is 17.7 Å². The molecule has 0 N–H and O–H groups in total. The van der Waals surface area contributed by atoms with E-state index in [4.69, 9.17) is 0 Å². The van der Waals surface area contributed by atoms with E-state index in [1.165, 1.54) is 16.7 Å². The maximum atomic E-state index is 3.36. The molecule has 0 aromatic rings. The summed E-state index contributed by atoms with van der Waals surface area (Å²) in [4.78, 5) is 0. The molecule has 0 bridgehead atoms. The Morgan fingerprint density at radius 3 is 1.75 bits per heavy atom. The van der Waals surface area contributed by atoms with Gasteiger partial charge in [-0.3, -0.25) is 12.2 Å². The van der Waals surface area contributed by atoms with Crippen LogP contribution in [0.5, 0.6) is 0 Å². The molecule has 0 nitrogen and oxygen atoms in total. The monoisotopic (exact) mass is 366 g/mol. The Bertz CT molecular complexity index is 334. The third-order valence-corrected chi connectivity index (χ3v) is 2.82. The Labute approximate surface area is 153 Å². The van der Waals surface area contributed by atoms with Crippen LogP contribution in [0, 0.1) is 32.9 Å². The molecule has 0 radical (unpaired) electrons. The first-order valence-corrected chi connectivity index (χ1v) is 9.50. The van der Waals surface area contributed by atoms with Crippen LogP contribution in [0.25, 0.3) is 0 Å². The van der Waals surface area contributed by atoms with E-state index in [0.29, 0.717) is 5.92 Å². The molecule has 0 fully saturated rings. The predicted octanol–water partition coefficient (Wildman–Crippen LogP) is 4.85. The molecule has 2 aliphatic rings. The van der Waals surface area contributed by atoms with Crippen LogP contribution in [-0.2, 0) is 19.2 Å². The fourth-order valence-electron chi connectivity index (χ4n) is 1.50. The zero-order chi connectivity index (χ0) is 12.6. The minimum absolute atomic E-state index is 0. The van der Waals surface area contributed by atoms with Gasteiger partial charge in [0.25, 0.3) is 0 Å². The summed E-state index contributed by atoms with van der Waals surface area (Å²) in [6, 6.07) is 0. The van der Waals surface area contributed by atoms with E-state index in [1.54, 1.807) is 0 Å². The second-order valence-corrected chi connectivity index (χ2v) is 3.80. The van der Waals surface area contributed by atoms with Gasteiger partial charge in [0.15, 0.2) is 0 Å². The molecule has 1 atom stereocenters. The molecule has 20 heavy (non-hydrogen) atoms. The van der Waals surface area contributed by atoms with E-state index in [0.717, 1.165) is 6.42 Å². The van der Waals surface area contributed by atoms with Gasteiger partial charge in [0.1, 0.15) is 0 Å². The molecule has 0 amide bonds. The first-order valence-electron chi connectivity index (χ1n) is 5.48. The summed E-state index contributed by atoms with van der Waals surface area (Å²) >= 11 is 2.03. The summed E-state index contributed by atoms with van der Waals surface area (Å²) in [6.07, 6.45) is 13.4. The molecular formula is C16H28Cl2SiTi-4. The van der Waals surface area contributed by atoms with Crippen molar-refractivity contribution < 1.29 is 19.2 Å². The molecule has 0 aromatic heterocycles. The van der Waals surface area contributed by atoms with Crippen molar-refractivity contribution in [3.05, 3.63) is 62.0 Å². The number of halogens is 2. The van der Waals surface area contributed by atoms with E-state index in [-0.39, 0.29) is 39.7 Å². The standard InChI is InChI=1S/C9H13.C5H5.2CH3.2ClH.H2Si.Ti/c1-6-5-7(2)9(4)8(6)3;1-2-4-5-3-1;;;;;;/h6H,1-4H3;1-3H,4H2;2*1H3;2*1H;1H2;/q4*-1;;;;. The zero-order valence-electron chi connectivity index (χ0n) is 13.5. The number of rotatable bonds is 0. The van der Waals surface area contributed by atoms with Crippen molar-refractivity contribution in [1.82, 2.24) is 0 Å². The predicted molar refractivity (Wildman–Crippen MR) is 97.4 cm³/mol. The van der Waals surface area contributed by atoms with Crippen LogP contribution >= 0.6 is 24.8 Å². The van der Waals surface area contributed by atoms with Gasteiger partial charge in [-0.2, -0.15) is 17.2 Å². The van der Waals surface area contributed by atoms with Crippen molar-refractivity contribution in [3.8, 4) is 0 Å². The molecule has 4 heteroatoms. The summed E-state index contributed by atoms with van der Waals surface area (Å²) in [7, 11) is 1.86. The molecular weight excluding hydrogens is 339 g/mol. The van der Waals surface area contributed by atoms with Crippen molar-refractivity contribution in [1.29, 1.82) is 0 Å². The van der Waals surface area contributed by atoms with E-state index < -0.39 is 0 Å². The molecule has 0 saturated carbocycles. The van der Waals surface area contributed by atoms with Gasteiger partial charge in [-0.1, -0.05) is 26.7 Å². The topological polar surface area (TPSA) is 0 Å². The van der Waals surface area contributed by atoms with Crippen LogP contribution in [0.3, 0.4) is 0 Å². The van der Waals surface area contributed by atoms with Crippen molar-refractivity contribution in [2.24, 2.45) is 5.92 Å². The van der Waals surface area contributed by atoms with Gasteiger partial charge in [0.2, 0.25) is 0 Å².